The van der Waals surface area contributed by atoms with E-state index in [4.69, 9.17) is 5.73 Å². The predicted octanol–water partition coefficient (Wildman–Crippen LogP) is 3.45. The van der Waals surface area contributed by atoms with Gasteiger partial charge in [-0.3, -0.25) is 9.79 Å². The summed E-state index contributed by atoms with van der Waals surface area (Å²) in [7, 11) is 0. The first-order chi connectivity index (χ1) is 13.6. The van der Waals surface area contributed by atoms with E-state index < -0.39 is 0 Å². The van der Waals surface area contributed by atoms with Gasteiger partial charge in [-0.05, 0) is 47.9 Å². The number of nitrogens with two attached hydrogens (primary N) is 1. The second-order valence-corrected chi connectivity index (χ2v) is 6.51. The minimum Gasteiger partial charge on any atom is -0.368 e. The molecular weight excluding hydrogens is 357 g/mol. The van der Waals surface area contributed by atoms with Crippen molar-refractivity contribution in [2.45, 2.75) is 19.4 Å². The summed E-state index contributed by atoms with van der Waals surface area (Å²) in [5.41, 5.74) is 9.65. The molecule has 7 heteroatoms. The highest BCUT2D eigenvalue weighted by Gasteiger charge is 2.22. The fourth-order valence-corrected chi connectivity index (χ4v) is 3.12. The molecule has 2 heterocycles. The van der Waals surface area contributed by atoms with Gasteiger partial charge in [0.15, 0.2) is 5.78 Å². The molecule has 0 radical (unpaired) electrons. The number of aryl methyl sites for hydroxylation is 1. The number of aromatic nitrogens is 2. The fraction of sp³-hybridized carbons (Fsp3) is 0.143. The lowest BCUT2D eigenvalue weighted by Crippen LogP contribution is -2.15. The van der Waals surface area contributed by atoms with Crippen LogP contribution in [0.5, 0.6) is 0 Å². The maximum absolute atomic E-state index is 13.0. The number of benzene rings is 2. The number of halogens is 1. The molecule has 0 unspecified atom stereocenters. The lowest BCUT2D eigenvalue weighted by atomic mass is 9.98. The van der Waals surface area contributed by atoms with E-state index in [0.29, 0.717) is 30.9 Å². The zero-order valence-electron chi connectivity index (χ0n) is 15.0. The van der Waals surface area contributed by atoms with Gasteiger partial charge in [0.1, 0.15) is 17.3 Å². The monoisotopic (exact) mass is 375 g/mol. The number of fused-ring (bicyclic) bond motifs is 1. The van der Waals surface area contributed by atoms with Crippen LogP contribution >= 0.6 is 0 Å². The highest BCUT2D eigenvalue weighted by molar-refractivity contribution is 6.47. The minimum atomic E-state index is -0.283. The molecule has 1 aromatic heterocycles. The van der Waals surface area contributed by atoms with E-state index in [-0.39, 0.29) is 17.5 Å². The molecule has 3 N–H and O–H groups in total. The molecule has 0 fully saturated rings. The molecule has 0 atom stereocenters. The van der Waals surface area contributed by atoms with E-state index in [9.17, 15) is 9.18 Å². The number of anilines is 3. The number of nitrogens with one attached hydrogen (secondary N) is 1. The summed E-state index contributed by atoms with van der Waals surface area (Å²) in [6.45, 7) is 0.494. The Morgan fingerprint density at radius 2 is 1.96 bits per heavy atom. The lowest BCUT2D eigenvalue weighted by Gasteiger charge is -2.09. The van der Waals surface area contributed by atoms with Crippen molar-refractivity contribution in [1.29, 1.82) is 0 Å². The number of carbonyl (C=O) groups is 1. The number of hydrogen-bond donors (Lipinski definition) is 2. The zero-order chi connectivity index (χ0) is 19.5. The van der Waals surface area contributed by atoms with E-state index in [0.717, 1.165) is 22.4 Å². The van der Waals surface area contributed by atoms with Gasteiger partial charge in [-0.25, -0.2) is 9.37 Å². The Bertz CT molecular complexity index is 1060. The smallest absolute Gasteiger partial charge is 0.221 e. The topological polar surface area (TPSA) is 93.3 Å². The van der Waals surface area contributed by atoms with Crippen molar-refractivity contribution in [1.82, 2.24) is 9.97 Å². The number of nitrogens with zero attached hydrogens (tertiary/aromatic N) is 3. The van der Waals surface area contributed by atoms with Crippen molar-refractivity contribution >= 4 is 28.9 Å². The van der Waals surface area contributed by atoms with Crippen molar-refractivity contribution in [3.8, 4) is 0 Å². The molecule has 1 aliphatic heterocycles. The van der Waals surface area contributed by atoms with Crippen LogP contribution in [0.15, 0.2) is 59.7 Å². The molecule has 0 aliphatic carbocycles. The quantitative estimate of drug-likeness (QED) is 0.688. The largest absolute Gasteiger partial charge is 0.368 e. The van der Waals surface area contributed by atoms with Gasteiger partial charge < -0.3 is 11.1 Å². The standard InChI is InChI=1S/C21H18FN5O/c22-15-5-1-13(2-6-15)3-8-18(28)20-17-11-16(7-4-14(17)12-25-20)26-19-9-10-24-21(23)27-19/h1-2,4-7,9-11H,3,8,12H2,(H3,23,24,26,27). The number of nitrogen functional groups attached to an aromatic ring is 1. The molecule has 0 saturated heterocycles. The lowest BCUT2D eigenvalue weighted by molar-refractivity contribution is -0.112. The molecule has 2 aromatic carbocycles. The van der Waals surface area contributed by atoms with Crippen LogP contribution in [0.4, 0.5) is 21.8 Å². The van der Waals surface area contributed by atoms with Gasteiger partial charge in [0.25, 0.3) is 0 Å². The SMILES string of the molecule is Nc1nccc(Nc2ccc3c(c2)C(C(=O)CCc2ccc(F)cc2)=NC3)n1. The number of rotatable bonds is 6. The van der Waals surface area contributed by atoms with Crippen LogP contribution in [0.1, 0.15) is 23.1 Å². The summed E-state index contributed by atoms with van der Waals surface area (Å²) in [6.07, 6.45) is 2.44. The molecular formula is C21H18FN5O. The van der Waals surface area contributed by atoms with E-state index in [1.165, 1.54) is 12.1 Å². The number of Topliss-reactive ketones (excluding diaryl/α,β-unsaturated/α-hetero) is 1. The Labute approximate surface area is 161 Å². The Morgan fingerprint density at radius 3 is 2.75 bits per heavy atom. The van der Waals surface area contributed by atoms with Crippen LogP contribution in [0, 0.1) is 5.82 Å². The van der Waals surface area contributed by atoms with Gasteiger partial charge in [0, 0.05) is 23.9 Å². The van der Waals surface area contributed by atoms with Gasteiger partial charge in [-0.2, -0.15) is 4.98 Å². The number of aliphatic imine (C=N–C) groups is 1. The third-order valence-electron chi connectivity index (χ3n) is 4.54. The molecule has 4 rings (SSSR count). The van der Waals surface area contributed by atoms with E-state index in [2.05, 4.69) is 20.3 Å². The van der Waals surface area contributed by atoms with Gasteiger partial charge in [-0.15, -0.1) is 0 Å². The zero-order valence-corrected chi connectivity index (χ0v) is 15.0. The molecule has 3 aromatic rings. The third kappa shape index (κ3) is 3.88. The van der Waals surface area contributed by atoms with E-state index >= 15 is 0 Å². The summed E-state index contributed by atoms with van der Waals surface area (Å²) in [6, 6.07) is 13.7. The second-order valence-electron chi connectivity index (χ2n) is 6.51. The first-order valence-corrected chi connectivity index (χ1v) is 8.89. The van der Waals surface area contributed by atoms with E-state index in [1.54, 1.807) is 24.4 Å². The molecule has 1 aliphatic rings. The maximum atomic E-state index is 13.0. The van der Waals surface area contributed by atoms with Gasteiger partial charge >= 0.3 is 0 Å². The van der Waals surface area contributed by atoms with Crippen LogP contribution in [0.3, 0.4) is 0 Å². The molecule has 0 spiro atoms. The van der Waals surface area contributed by atoms with Crippen LogP contribution in [0.25, 0.3) is 0 Å². The average Bonchev–Trinajstić information content (AvgIpc) is 3.11. The normalized spacial score (nSPS) is 12.4. The minimum absolute atomic E-state index is 0.0218. The first-order valence-electron chi connectivity index (χ1n) is 8.89. The van der Waals surface area contributed by atoms with Gasteiger partial charge in [0.05, 0.1) is 6.54 Å². The maximum Gasteiger partial charge on any atom is 0.221 e. The summed E-state index contributed by atoms with van der Waals surface area (Å²) in [4.78, 5) is 25.1. The first kappa shape index (κ1) is 17.8. The number of hydrogen-bond acceptors (Lipinski definition) is 6. The second kappa shape index (κ2) is 7.56. The Kier molecular flexibility index (Phi) is 4.80. The average molecular weight is 375 g/mol. The molecule has 28 heavy (non-hydrogen) atoms. The Morgan fingerprint density at radius 1 is 1.14 bits per heavy atom. The Balaban J connectivity index is 1.48. The third-order valence-corrected chi connectivity index (χ3v) is 4.54. The van der Waals surface area contributed by atoms with Gasteiger partial charge in [0.2, 0.25) is 5.95 Å². The summed E-state index contributed by atoms with van der Waals surface area (Å²) >= 11 is 0. The van der Waals surface area contributed by atoms with Crippen molar-refractivity contribution in [2.75, 3.05) is 11.1 Å². The highest BCUT2D eigenvalue weighted by atomic mass is 19.1. The van der Waals surface area contributed by atoms with Gasteiger partial charge in [-0.1, -0.05) is 18.2 Å². The number of carbonyl (C=O) groups excluding carboxylic acids is 1. The van der Waals surface area contributed by atoms with Crippen LogP contribution in [-0.2, 0) is 17.8 Å². The summed E-state index contributed by atoms with van der Waals surface area (Å²) in [5, 5.41) is 3.16. The van der Waals surface area contributed by atoms with Crippen molar-refractivity contribution in [3.63, 3.8) is 0 Å². The van der Waals surface area contributed by atoms with Crippen LogP contribution < -0.4 is 11.1 Å². The molecule has 0 saturated carbocycles. The van der Waals surface area contributed by atoms with Crippen LogP contribution in [0.2, 0.25) is 0 Å². The molecule has 140 valence electrons. The Hall–Kier alpha value is -3.61. The van der Waals surface area contributed by atoms with E-state index in [1.807, 2.05) is 18.2 Å². The molecule has 6 nitrogen and oxygen atoms in total. The highest BCUT2D eigenvalue weighted by Crippen LogP contribution is 2.25. The van der Waals surface area contributed by atoms with Crippen molar-refractivity contribution < 1.29 is 9.18 Å². The van der Waals surface area contributed by atoms with Crippen molar-refractivity contribution in [2.24, 2.45) is 4.99 Å². The molecule has 0 bridgehead atoms. The number of ketones is 1. The fourth-order valence-electron chi connectivity index (χ4n) is 3.12. The van der Waals surface area contributed by atoms with Crippen LogP contribution in [-0.4, -0.2) is 21.5 Å². The predicted molar refractivity (Wildman–Crippen MR) is 106 cm³/mol. The summed E-state index contributed by atoms with van der Waals surface area (Å²) in [5.74, 6) is 0.456. The molecule has 0 amide bonds. The van der Waals surface area contributed by atoms with Crippen molar-refractivity contribution in [3.05, 3.63) is 77.2 Å². The summed E-state index contributed by atoms with van der Waals surface area (Å²) < 4.78 is 13.0.